The number of pyridine rings is 1. The van der Waals surface area contributed by atoms with E-state index in [2.05, 4.69) is 24.2 Å². The summed E-state index contributed by atoms with van der Waals surface area (Å²) >= 11 is 0. The molecule has 3 heterocycles. The Kier molecular flexibility index (Phi) is 3.31. The van der Waals surface area contributed by atoms with E-state index in [4.69, 9.17) is 4.42 Å². The molecule has 1 fully saturated rings. The Balaban J connectivity index is 1.70. The fourth-order valence-electron chi connectivity index (χ4n) is 3.09. The lowest BCUT2D eigenvalue weighted by Crippen LogP contribution is -3.12. The van der Waals surface area contributed by atoms with Crippen molar-refractivity contribution in [3.05, 3.63) is 41.7 Å². The average molecular weight is 310 g/mol. The molecule has 1 N–H and O–H groups in total. The van der Waals surface area contributed by atoms with Crippen molar-refractivity contribution in [1.82, 2.24) is 9.88 Å². The number of rotatable bonds is 1. The molecule has 5 heteroatoms. The van der Waals surface area contributed by atoms with Crippen LogP contribution in [0.4, 0.5) is 0 Å². The second-order valence-electron chi connectivity index (χ2n) is 6.44. The number of quaternary nitrogens is 1. The van der Waals surface area contributed by atoms with Crippen LogP contribution in [0.2, 0.25) is 0 Å². The van der Waals surface area contributed by atoms with Crippen LogP contribution in [0.3, 0.4) is 0 Å². The van der Waals surface area contributed by atoms with Gasteiger partial charge in [-0.1, -0.05) is 12.1 Å². The molecule has 0 spiro atoms. The van der Waals surface area contributed by atoms with Crippen LogP contribution in [0.25, 0.3) is 22.0 Å². The first-order valence-corrected chi connectivity index (χ1v) is 8.02. The highest BCUT2D eigenvalue weighted by molar-refractivity contribution is 5.98. The van der Waals surface area contributed by atoms with Gasteiger partial charge in [0.25, 0.3) is 5.91 Å². The van der Waals surface area contributed by atoms with E-state index in [1.165, 1.54) is 4.90 Å². The number of carbonyl (C=O) groups excluding carboxylic acids is 1. The summed E-state index contributed by atoms with van der Waals surface area (Å²) in [5, 5.41) is 1.94. The maximum atomic E-state index is 12.6. The van der Waals surface area contributed by atoms with E-state index in [0.29, 0.717) is 11.5 Å². The predicted octanol–water partition coefficient (Wildman–Crippen LogP) is 1.26. The third-order valence-corrected chi connectivity index (χ3v) is 4.57. The Morgan fingerprint density at radius 3 is 2.74 bits per heavy atom. The van der Waals surface area contributed by atoms with Gasteiger partial charge in [0.1, 0.15) is 0 Å². The van der Waals surface area contributed by atoms with Gasteiger partial charge in [-0.05, 0) is 30.7 Å². The van der Waals surface area contributed by atoms with Crippen molar-refractivity contribution in [2.24, 2.45) is 0 Å². The van der Waals surface area contributed by atoms with Crippen LogP contribution in [-0.2, 0) is 0 Å². The van der Waals surface area contributed by atoms with E-state index in [-0.39, 0.29) is 5.91 Å². The maximum absolute atomic E-state index is 12.6. The number of fused-ring (bicyclic) bond motifs is 2. The van der Waals surface area contributed by atoms with E-state index >= 15 is 0 Å². The summed E-state index contributed by atoms with van der Waals surface area (Å²) in [6, 6.07) is 9.99. The zero-order valence-corrected chi connectivity index (χ0v) is 13.4. The lowest BCUT2D eigenvalue weighted by atomic mass is 10.1. The Hall–Kier alpha value is -2.40. The largest absolute Gasteiger partial charge is 0.433 e. The molecule has 1 saturated heterocycles. The zero-order chi connectivity index (χ0) is 16.0. The van der Waals surface area contributed by atoms with Gasteiger partial charge in [0.15, 0.2) is 5.76 Å². The number of aromatic nitrogens is 1. The van der Waals surface area contributed by atoms with E-state index in [1.54, 1.807) is 0 Å². The van der Waals surface area contributed by atoms with Crippen molar-refractivity contribution in [2.75, 3.05) is 33.2 Å². The summed E-state index contributed by atoms with van der Waals surface area (Å²) in [4.78, 5) is 20.5. The van der Waals surface area contributed by atoms with E-state index in [0.717, 1.165) is 48.0 Å². The minimum atomic E-state index is -0.0317. The number of likely N-dealkylation sites (N-methyl/N-ethyl adjacent to an activating group) is 1. The molecule has 0 radical (unpaired) electrons. The quantitative estimate of drug-likeness (QED) is 0.736. The van der Waals surface area contributed by atoms with Gasteiger partial charge < -0.3 is 14.2 Å². The molecule has 1 aliphatic heterocycles. The highest BCUT2D eigenvalue weighted by atomic mass is 16.4. The molecule has 0 saturated carbocycles. The van der Waals surface area contributed by atoms with Crippen molar-refractivity contribution in [3.63, 3.8) is 0 Å². The van der Waals surface area contributed by atoms with Crippen LogP contribution in [0.15, 0.2) is 34.7 Å². The number of furan rings is 1. The molecule has 0 aliphatic carbocycles. The lowest BCUT2D eigenvalue weighted by molar-refractivity contribution is -0.883. The number of aryl methyl sites for hydroxylation is 1. The van der Waals surface area contributed by atoms with Gasteiger partial charge in [-0.3, -0.25) is 4.79 Å². The van der Waals surface area contributed by atoms with Gasteiger partial charge in [0.05, 0.1) is 38.7 Å². The highest BCUT2D eigenvalue weighted by Gasteiger charge is 2.25. The lowest BCUT2D eigenvalue weighted by Gasteiger charge is -2.29. The second-order valence-corrected chi connectivity index (χ2v) is 6.44. The van der Waals surface area contributed by atoms with Crippen LogP contribution in [0, 0.1) is 6.92 Å². The molecule has 118 valence electrons. The number of nitrogens with one attached hydrogen (secondary N) is 1. The van der Waals surface area contributed by atoms with Crippen molar-refractivity contribution < 1.29 is 14.1 Å². The van der Waals surface area contributed by atoms with Gasteiger partial charge in [0, 0.05) is 10.8 Å². The number of amides is 1. The number of hydrogen-bond donors (Lipinski definition) is 1. The predicted molar refractivity (Wildman–Crippen MR) is 88.8 cm³/mol. The molecule has 23 heavy (non-hydrogen) atoms. The minimum Gasteiger partial charge on any atom is -0.433 e. The van der Waals surface area contributed by atoms with Crippen LogP contribution in [0.1, 0.15) is 16.1 Å². The minimum absolute atomic E-state index is 0.0317. The second kappa shape index (κ2) is 5.35. The summed E-state index contributed by atoms with van der Waals surface area (Å²) in [7, 11) is 2.15. The van der Waals surface area contributed by atoms with E-state index in [1.807, 2.05) is 30.0 Å². The van der Waals surface area contributed by atoms with E-state index in [9.17, 15) is 4.79 Å². The van der Waals surface area contributed by atoms with Crippen molar-refractivity contribution >= 4 is 27.9 Å². The molecule has 1 aliphatic rings. The molecule has 2 aromatic heterocycles. The van der Waals surface area contributed by atoms with Crippen LogP contribution >= 0.6 is 0 Å². The Morgan fingerprint density at radius 2 is 1.96 bits per heavy atom. The van der Waals surface area contributed by atoms with Gasteiger partial charge in [-0.15, -0.1) is 0 Å². The smallest absolute Gasteiger partial charge is 0.290 e. The number of benzene rings is 1. The summed E-state index contributed by atoms with van der Waals surface area (Å²) < 4.78 is 5.75. The molecule has 3 aromatic rings. The molecular formula is C18H20N3O2+. The first kappa shape index (κ1) is 14.2. The monoisotopic (exact) mass is 310 g/mol. The van der Waals surface area contributed by atoms with Crippen molar-refractivity contribution in [3.8, 4) is 0 Å². The maximum Gasteiger partial charge on any atom is 0.290 e. The van der Waals surface area contributed by atoms with Crippen LogP contribution < -0.4 is 4.90 Å². The Bertz CT molecular complexity index is 892. The SMILES string of the molecule is Cc1ccc2cc3cc(C(=O)N4CC[NH+](C)CC4)oc3nc2c1. The van der Waals surface area contributed by atoms with Gasteiger partial charge >= 0.3 is 0 Å². The molecule has 0 atom stereocenters. The molecular weight excluding hydrogens is 290 g/mol. The summed E-state index contributed by atoms with van der Waals surface area (Å²) in [6.45, 7) is 5.55. The first-order valence-electron chi connectivity index (χ1n) is 8.02. The number of piperazine rings is 1. The summed E-state index contributed by atoms with van der Waals surface area (Å²) in [6.07, 6.45) is 0. The van der Waals surface area contributed by atoms with E-state index < -0.39 is 0 Å². The molecule has 0 bridgehead atoms. The normalized spacial score (nSPS) is 16.3. The highest BCUT2D eigenvalue weighted by Crippen LogP contribution is 2.24. The molecule has 5 nitrogen and oxygen atoms in total. The van der Waals surface area contributed by atoms with Gasteiger partial charge in [0.2, 0.25) is 5.71 Å². The van der Waals surface area contributed by atoms with Gasteiger partial charge in [-0.2, -0.15) is 0 Å². The van der Waals surface area contributed by atoms with Crippen LogP contribution in [-0.4, -0.2) is 49.0 Å². The summed E-state index contributed by atoms with van der Waals surface area (Å²) in [5.41, 5.74) is 2.59. The third-order valence-electron chi connectivity index (χ3n) is 4.57. The Morgan fingerprint density at radius 1 is 1.17 bits per heavy atom. The average Bonchev–Trinajstić information content (AvgIpc) is 2.95. The third kappa shape index (κ3) is 2.57. The fraction of sp³-hybridized carbons (Fsp3) is 0.333. The first-order chi connectivity index (χ1) is 11.1. The topological polar surface area (TPSA) is 50.8 Å². The molecule has 0 unspecified atom stereocenters. The van der Waals surface area contributed by atoms with Crippen molar-refractivity contribution in [1.29, 1.82) is 0 Å². The fourth-order valence-corrected chi connectivity index (χ4v) is 3.09. The number of hydrogen-bond acceptors (Lipinski definition) is 3. The number of carbonyl (C=O) groups is 1. The van der Waals surface area contributed by atoms with Crippen LogP contribution in [0.5, 0.6) is 0 Å². The summed E-state index contributed by atoms with van der Waals surface area (Å²) in [5.74, 6) is 0.356. The zero-order valence-electron chi connectivity index (χ0n) is 13.4. The van der Waals surface area contributed by atoms with Crippen molar-refractivity contribution in [2.45, 2.75) is 6.92 Å². The molecule has 1 amide bonds. The van der Waals surface area contributed by atoms with Gasteiger partial charge in [-0.25, -0.2) is 4.98 Å². The molecule has 1 aromatic carbocycles. The molecule has 4 rings (SSSR count). The Labute approximate surface area is 134 Å². The number of nitrogens with zero attached hydrogens (tertiary/aromatic N) is 2. The standard InChI is InChI=1S/C18H19N3O2/c1-12-3-4-13-10-14-11-16(23-17(14)19-15(13)9-12)18(22)21-7-5-20(2)6-8-21/h3-4,9-11H,5-8H2,1-2H3/p+1.